The number of aliphatic hydroxyl groups is 1. The molecule has 0 aliphatic rings. The molecule has 0 aliphatic carbocycles. The first-order valence-electron chi connectivity index (χ1n) is 8.49. The topological polar surface area (TPSA) is 41.5 Å². The second kappa shape index (κ2) is 8.13. The molecular weight excluding hydrogens is 329 g/mol. The highest BCUT2D eigenvalue weighted by molar-refractivity contribution is 5.36. The maximum Gasteiger partial charge on any atom is 0.127 e. The summed E-state index contributed by atoms with van der Waals surface area (Å²) in [6.07, 6.45) is 0. The molecule has 0 fully saturated rings. The van der Waals surface area contributed by atoms with Gasteiger partial charge in [-0.2, -0.15) is 0 Å². The molecule has 3 aromatic rings. The monoisotopic (exact) mass is 351 g/mol. The largest absolute Gasteiger partial charge is 0.497 e. The molecule has 4 heteroatoms. The van der Waals surface area contributed by atoms with Gasteiger partial charge < -0.3 is 15.2 Å². The van der Waals surface area contributed by atoms with Crippen molar-refractivity contribution in [3.8, 4) is 5.75 Å². The van der Waals surface area contributed by atoms with Gasteiger partial charge in [0.1, 0.15) is 17.2 Å². The van der Waals surface area contributed by atoms with Gasteiger partial charge in [-0.3, -0.25) is 0 Å². The van der Waals surface area contributed by atoms with E-state index >= 15 is 0 Å². The molecule has 0 radical (unpaired) electrons. The zero-order chi connectivity index (χ0) is 18.4. The number of hydrogen-bond acceptors (Lipinski definition) is 3. The van der Waals surface area contributed by atoms with Gasteiger partial charge in [0.05, 0.1) is 7.11 Å². The van der Waals surface area contributed by atoms with Crippen molar-refractivity contribution in [2.24, 2.45) is 0 Å². The molecule has 0 spiro atoms. The van der Waals surface area contributed by atoms with Crippen molar-refractivity contribution in [3.63, 3.8) is 0 Å². The van der Waals surface area contributed by atoms with E-state index in [0.717, 1.165) is 16.9 Å². The van der Waals surface area contributed by atoms with Crippen molar-refractivity contribution in [1.82, 2.24) is 5.32 Å². The van der Waals surface area contributed by atoms with Crippen LogP contribution in [-0.2, 0) is 12.1 Å². The van der Waals surface area contributed by atoms with Crippen LogP contribution < -0.4 is 10.1 Å². The van der Waals surface area contributed by atoms with E-state index in [1.54, 1.807) is 19.2 Å². The Balaban J connectivity index is 1.78. The van der Waals surface area contributed by atoms with Crippen molar-refractivity contribution in [2.45, 2.75) is 12.1 Å². The molecule has 0 amide bonds. The number of benzene rings is 3. The predicted molar refractivity (Wildman–Crippen MR) is 101 cm³/mol. The van der Waals surface area contributed by atoms with Crippen LogP contribution in [0.3, 0.4) is 0 Å². The Bertz CT molecular complexity index is 819. The molecule has 134 valence electrons. The minimum Gasteiger partial charge on any atom is -0.497 e. The molecular formula is C22H22FNO2. The Hall–Kier alpha value is -2.69. The quantitative estimate of drug-likeness (QED) is 0.679. The van der Waals surface area contributed by atoms with Crippen LogP contribution in [0.1, 0.15) is 16.7 Å². The van der Waals surface area contributed by atoms with Gasteiger partial charge >= 0.3 is 0 Å². The number of rotatable bonds is 7. The highest BCUT2D eigenvalue weighted by Gasteiger charge is 2.31. The van der Waals surface area contributed by atoms with Gasteiger partial charge in [0.15, 0.2) is 0 Å². The first-order chi connectivity index (χ1) is 12.6. The molecule has 2 N–H and O–H groups in total. The summed E-state index contributed by atoms with van der Waals surface area (Å²) in [4.78, 5) is 0. The fourth-order valence-electron chi connectivity index (χ4n) is 2.94. The molecule has 3 nitrogen and oxygen atoms in total. The van der Waals surface area contributed by atoms with E-state index in [0.29, 0.717) is 18.7 Å². The minimum absolute atomic E-state index is 0.300. The Morgan fingerprint density at radius 1 is 0.885 bits per heavy atom. The first-order valence-corrected chi connectivity index (χ1v) is 8.49. The molecule has 0 bridgehead atoms. The normalized spacial score (nSPS) is 13.2. The summed E-state index contributed by atoms with van der Waals surface area (Å²) >= 11 is 0. The van der Waals surface area contributed by atoms with Crippen LogP contribution in [0.5, 0.6) is 5.75 Å². The molecule has 0 saturated carbocycles. The van der Waals surface area contributed by atoms with E-state index in [9.17, 15) is 9.50 Å². The summed E-state index contributed by atoms with van der Waals surface area (Å²) < 4.78 is 18.5. The van der Waals surface area contributed by atoms with E-state index in [2.05, 4.69) is 5.32 Å². The maximum atomic E-state index is 13.3. The molecule has 26 heavy (non-hydrogen) atoms. The van der Waals surface area contributed by atoms with Gasteiger partial charge in [-0.1, -0.05) is 54.6 Å². The van der Waals surface area contributed by atoms with E-state index in [1.165, 1.54) is 12.1 Å². The second-order valence-corrected chi connectivity index (χ2v) is 6.18. The summed E-state index contributed by atoms with van der Waals surface area (Å²) in [5, 5.41) is 14.7. The molecule has 3 rings (SSSR count). The average Bonchev–Trinajstić information content (AvgIpc) is 2.69. The molecule has 0 heterocycles. The highest BCUT2D eigenvalue weighted by atomic mass is 19.1. The zero-order valence-corrected chi connectivity index (χ0v) is 14.7. The van der Waals surface area contributed by atoms with Crippen LogP contribution in [-0.4, -0.2) is 18.8 Å². The summed E-state index contributed by atoms with van der Waals surface area (Å²) in [5.41, 5.74) is 1.24. The van der Waals surface area contributed by atoms with Gasteiger partial charge in [-0.05, 0) is 41.0 Å². The van der Waals surface area contributed by atoms with Crippen LogP contribution in [0.2, 0.25) is 0 Å². The van der Waals surface area contributed by atoms with Crippen molar-refractivity contribution in [3.05, 3.63) is 101 Å². The fourth-order valence-corrected chi connectivity index (χ4v) is 2.94. The lowest BCUT2D eigenvalue weighted by molar-refractivity contribution is 0.0795. The van der Waals surface area contributed by atoms with E-state index < -0.39 is 5.60 Å². The summed E-state index contributed by atoms with van der Waals surface area (Å²) in [7, 11) is 1.63. The lowest BCUT2D eigenvalue weighted by Crippen LogP contribution is -2.39. The molecule has 0 saturated heterocycles. The number of halogens is 1. The SMILES string of the molecule is COc1ccc(CNC[C@@](O)(c2ccccc2)c2ccc(F)cc2)cc1. The van der Waals surface area contributed by atoms with Crippen molar-refractivity contribution >= 4 is 0 Å². The molecule has 1 atom stereocenters. The van der Waals surface area contributed by atoms with Gasteiger partial charge in [0.25, 0.3) is 0 Å². The van der Waals surface area contributed by atoms with Crippen molar-refractivity contribution < 1.29 is 14.2 Å². The lowest BCUT2D eigenvalue weighted by Gasteiger charge is -2.30. The van der Waals surface area contributed by atoms with Crippen LogP contribution in [0.25, 0.3) is 0 Å². The summed E-state index contributed by atoms with van der Waals surface area (Å²) in [6.45, 7) is 0.898. The number of hydrogen-bond donors (Lipinski definition) is 2. The lowest BCUT2D eigenvalue weighted by atomic mass is 9.86. The third-order valence-electron chi connectivity index (χ3n) is 4.44. The van der Waals surface area contributed by atoms with Gasteiger partial charge in [0.2, 0.25) is 0 Å². The van der Waals surface area contributed by atoms with Crippen LogP contribution in [0.15, 0.2) is 78.9 Å². The Labute approximate surface area is 153 Å². The van der Waals surface area contributed by atoms with Gasteiger partial charge in [0, 0.05) is 13.1 Å². The summed E-state index contributed by atoms with van der Waals surface area (Å²) in [5.74, 6) is 0.483. The number of nitrogens with one attached hydrogen (secondary N) is 1. The van der Waals surface area contributed by atoms with Crippen LogP contribution >= 0.6 is 0 Å². The van der Waals surface area contributed by atoms with Gasteiger partial charge in [-0.15, -0.1) is 0 Å². The van der Waals surface area contributed by atoms with E-state index in [-0.39, 0.29) is 5.82 Å². The van der Waals surface area contributed by atoms with Gasteiger partial charge in [-0.25, -0.2) is 4.39 Å². The molecule has 3 aromatic carbocycles. The third kappa shape index (κ3) is 4.10. The molecule has 0 aromatic heterocycles. The zero-order valence-electron chi connectivity index (χ0n) is 14.7. The minimum atomic E-state index is -1.25. The van der Waals surface area contributed by atoms with Crippen molar-refractivity contribution in [2.75, 3.05) is 13.7 Å². The Kier molecular flexibility index (Phi) is 5.66. The Morgan fingerprint density at radius 2 is 1.50 bits per heavy atom. The average molecular weight is 351 g/mol. The predicted octanol–water partition coefficient (Wildman–Crippen LogP) is 3.86. The number of methoxy groups -OCH3 is 1. The maximum absolute atomic E-state index is 13.3. The van der Waals surface area contributed by atoms with Crippen LogP contribution in [0.4, 0.5) is 4.39 Å². The molecule has 0 aliphatic heterocycles. The van der Waals surface area contributed by atoms with Crippen molar-refractivity contribution in [1.29, 1.82) is 0 Å². The van der Waals surface area contributed by atoms with E-state index in [1.807, 2.05) is 54.6 Å². The molecule has 0 unspecified atom stereocenters. The smallest absolute Gasteiger partial charge is 0.127 e. The third-order valence-corrected chi connectivity index (χ3v) is 4.44. The van der Waals surface area contributed by atoms with Crippen LogP contribution in [0, 0.1) is 5.82 Å². The summed E-state index contributed by atoms with van der Waals surface area (Å²) in [6, 6.07) is 23.2. The van der Waals surface area contributed by atoms with E-state index in [4.69, 9.17) is 4.74 Å². The fraction of sp³-hybridized carbons (Fsp3) is 0.182. The second-order valence-electron chi connectivity index (χ2n) is 6.18. The highest BCUT2D eigenvalue weighted by Crippen LogP contribution is 2.29. The standard InChI is InChI=1S/C22H22FNO2/c1-26-21-13-7-17(8-14-21)15-24-16-22(25,18-5-3-2-4-6-18)19-9-11-20(23)12-10-19/h2-14,24-25H,15-16H2,1H3/t22-/m1/s1. The number of ether oxygens (including phenoxy) is 1. The Morgan fingerprint density at radius 3 is 2.12 bits per heavy atom. The first kappa shape index (κ1) is 18.1.